The fourth-order valence-electron chi connectivity index (χ4n) is 5.32. The molecule has 1 aromatic carbocycles. The van der Waals surface area contributed by atoms with Gasteiger partial charge in [-0.3, -0.25) is 14.5 Å². The molecule has 1 aliphatic heterocycles. The van der Waals surface area contributed by atoms with Gasteiger partial charge in [-0.15, -0.1) is 11.8 Å². The third kappa shape index (κ3) is 7.46. The lowest BCUT2D eigenvalue weighted by Gasteiger charge is -2.38. The van der Waals surface area contributed by atoms with Gasteiger partial charge in [-0.05, 0) is 30.9 Å². The molecule has 1 saturated heterocycles. The zero-order valence-electron chi connectivity index (χ0n) is 21.3. The van der Waals surface area contributed by atoms with Gasteiger partial charge in [0, 0.05) is 43.7 Å². The molecule has 34 heavy (non-hydrogen) atoms. The average molecular weight is 490 g/mol. The quantitative estimate of drug-likeness (QED) is 0.466. The minimum absolute atomic E-state index is 0.0552. The van der Waals surface area contributed by atoms with Crippen molar-refractivity contribution in [3.63, 3.8) is 0 Å². The molecule has 1 saturated carbocycles. The van der Waals surface area contributed by atoms with Crippen LogP contribution in [0, 0.1) is 5.92 Å². The first kappa shape index (κ1) is 27.0. The summed E-state index contributed by atoms with van der Waals surface area (Å²) in [6.07, 6.45) is 8.09. The van der Waals surface area contributed by atoms with Crippen molar-refractivity contribution in [2.75, 3.05) is 45.6 Å². The number of carbonyl (C=O) groups excluding carboxylic acids is 2. The number of hydrogen-bond donors (Lipinski definition) is 1. The lowest BCUT2D eigenvalue weighted by Crippen LogP contribution is -2.52. The maximum atomic E-state index is 13.2. The molecule has 1 aliphatic carbocycles. The Balaban J connectivity index is 1.59. The number of rotatable bonds is 11. The molecular weight excluding hydrogens is 446 g/mol. The number of nitrogens with zero attached hydrogens (tertiary/aromatic N) is 2. The maximum absolute atomic E-state index is 13.2. The third-order valence-electron chi connectivity index (χ3n) is 7.58. The van der Waals surface area contributed by atoms with Crippen molar-refractivity contribution in [2.24, 2.45) is 5.92 Å². The molecule has 1 unspecified atom stereocenters. The molecule has 3 rings (SSSR count). The van der Waals surface area contributed by atoms with E-state index in [0.717, 1.165) is 56.9 Å². The number of morpholine rings is 1. The summed E-state index contributed by atoms with van der Waals surface area (Å²) in [5.41, 5.74) is 0.658. The predicted molar refractivity (Wildman–Crippen MR) is 139 cm³/mol. The number of carbonyl (C=O) groups is 2. The molecule has 0 radical (unpaired) electrons. The van der Waals surface area contributed by atoms with Gasteiger partial charge in [0.1, 0.15) is 0 Å². The Labute approximate surface area is 210 Å². The van der Waals surface area contributed by atoms with E-state index in [1.54, 1.807) is 0 Å². The minimum Gasteiger partial charge on any atom is -0.379 e. The monoisotopic (exact) mass is 489 g/mol. The second-order valence-electron chi connectivity index (χ2n) is 9.58. The molecule has 7 heteroatoms. The Hall–Kier alpha value is -1.57. The van der Waals surface area contributed by atoms with Crippen LogP contribution >= 0.6 is 11.8 Å². The van der Waals surface area contributed by atoms with Crippen LogP contribution in [0.15, 0.2) is 29.2 Å². The second-order valence-corrected chi connectivity index (χ2v) is 10.6. The number of hydrogen-bond acceptors (Lipinski definition) is 5. The summed E-state index contributed by atoms with van der Waals surface area (Å²) in [6.45, 7) is 8.45. The van der Waals surface area contributed by atoms with E-state index in [9.17, 15) is 9.59 Å². The summed E-state index contributed by atoms with van der Waals surface area (Å²) in [7, 11) is 1.93. The SMILES string of the molecule is CCC(CC)C(CNC(=O)c1ccccc1SCC(=O)N(C)C1CCCCC1)N1CCOCC1. The molecule has 1 aromatic rings. The molecule has 2 aliphatic rings. The van der Waals surface area contributed by atoms with Crippen molar-refractivity contribution in [1.82, 2.24) is 15.1 Å². The van der Waals surface area contributed by atoms with Gasteiger partial charge in [-0.25, -0.2) is 0 Å². The molecule has 0 aromatic heterocycles. The van der Waals surface area contributed by atoms with E-state index >= 15 is 0 Å². The normalized spacial score (nSPS) is 18.6. The summed E-state index contributed by atoms with van der Waals surface area (Å²) >= 11 is 1.47. The molecule has 2 fully saturated rings. The fraction of sp³-hybridized carbons (Fsp3) is 0.704. The van der Waals surface area contributed by atoms with Crippen LogP contribution in [0.25, 0.3) is 0 Å². The third-order valence-corrected chi connectivity index (χ3v) is 8.64. The highest BCUT2D eigenvalue weighted by atomic mass is 32.2. The molecular formula is C27H43N3O3S. The van der Waals surface area contributed by atoms with E-state index in [1.165, 1.54) is 31.0 Å². The van der Waals surface area contributed by atoms with Gasteiger partial charge in [-0.2, -0.15) is 0 Å². The van der Waals surface area contributed by atoms with Crippen LogP contribution in [0.5, 0.6) is 0 Å². The highest BCUT2D eigenvalue weighted by Gasteiger charge is 2.28. The first-order valence-electron chi connectivity index (χ1n) is 13.1. The highest BCUT2D eigenvalue weighted by Crippen LogP contribution is 2.26. The average Bonchev–Trinajstić information content (AvgIpc) is 2.90. The summed E-state index contributed by atoms with van der Waals surface area (Å²) in [5, 5.41) is 3.22. The highest BCUT2D eigenvalue weighted by molar-refractivity contribution is 8.00. The van der Waals surface area contributed by atoms with Crippen LogP contribution in [0.4, 0.5) is 0 Å². The maximum Gasteiger partial charge on any atom is 0.252 e. The lowest BCUT2D eigenvalue weighted by molar-refractivity contribution is -0.129. The Morgan fingerprint density at radius 1 is 1.12 bits per heavy atom. The zero-order chi connectivity index (χ0) is 24.3. The van der Waals surface area contributed by atoms with Crippen molar-refractivity contribution < 1.29 is 14.3 Å². The van der Waals surface area contributed by atoms with Gasteiger partial charge in [0.25, 0.3) is 5.91 Å². The second kappa shape index (κ2) is 14.1. The summed E-state index contributed by atoms with van der Waals surface area (Å²) in [6, 6.07) is 8.34. The molecule has 1 atom stereocenters. The van der Waals surface area contributed by atoms with Crippen molar-refractivity contribution in [1.29, 1.82) is 0 Å². The van der Waals surface area contributed by atoms with Crippen LogP contribution < -0.4 is 5.32 Å². The first-order valence-corrected chi connectivity index (χ1v) is 14.1. The Kier molecular flexibility index (Phi) is 11.2. The number of thioether (sulfide) groups is 1. The summed E-state index contributed by atoms with van der Waals surface area (Å²) in [4.78, 5) is 31.3. The van der Waals surface area contributed by atoms with Gasteiger partial charge in [0.05, 0.1) is 24.5 Å². The van der Waals surface area contributed by atoms with Crippen LogP contribution in [-0.4, -0.2) is 79.3 Å². The van der Waals surface area contributed by atoms with Gasteiger partial charge < -0.3 is 15.0 Å². The van der Waals surface area contributed by atoms with Crippen molar-refractivity contribution in [3.05, 3.63) is 29.8 Å². The lowest BCUT2D eigenvalue weighted by atomic mass is 9.92. The topological polar surface area (TPSA) is 61.9 Å². The van der Waals surface area contributed by atoms with E-state index in [1.807, 2.05) is 36.2 Å². The van der Waals surface area contributed by atoms with Crippen molar-refractivity contribution in [3.8, 4) is 0 Å². The van der Waals surface area contributed by atoms with Crippen LogP contribution in [-0.2, 0) is 9.53 Å². The fourth-order valence-corrected chi connectivity index (χ4v) is 6.30. The number of nitrogens with one attached hydrogen (secondary N) is 1. The van der Waals surface area contributed by atoms with Gasteiger partial charge in [-0.1, -0.05) is 58.1 Å². The molecule has 190 valence electrons. The van der Waals surface area contributed by atoms with Gasteiger partial charge in [0.2, 0.25) is 5.91 Å². The number of amides is 2. The molecule has 0 spiro atoms. The van der Waals surface area contributed by atoms with E-state index in [-0.39, 0.29) is 11.8 Å². The smallest absolute Gasteiger partial charge is 0.252 e. The molecule has 2 amide bonds. The molecule has 1 heterocycles. The van der Waals surface area contributed by atoms with E-state index < -0.39 is 0 Å². The van der Waals surface area contributed by atoms with E-state index in [4.69, 9.17) is 4.74 Å². The molecule has 1 N–H and O–H groups in total. The molecule has 0 bridgehead atoms. The van der Waals surface area contributed by atoms with Crippen LogP contribution in [0.2, 0.25) is 0 Å². The van der Waals surface area contributed by atoms with Crippen LogP contribution in [0.1, 0.15) is 69.2 Å². The van der Waals surface area contributed by atoms with Gasteiger partial charge in [0.15, 0.2) is 0 Å². The minimum atomic E-state index is -0.0552. The Morgan fingerprint density at radius 2 is 1.79 bits per heavy atom. The van der Waals surface area contributed by atoms with Gasteiger partial charge >= 0.3 is 0 Å². The zero-order valence-corrected chi connectivity index (χ0v) is 22.1. The predicted octanol–water partition coefficient (Wildman–Crippen LogP) is 4.44. The van der Waals surface area contributed by atoms with Crippen molar-refractivity contribution in [2.45, 2.75) is 75.8 Å². The summed E-state index contributed by atoms with van der Waals surface area (Å²) in [5.74, 6) is 0.992. The Bertz CT molecular complexity index is 774. The van der Waals surface area contributed by atoms with E-state index in [2.05, 4.69) is 24.1 Å². The first-order chi connectivity index (χ1) is 16.5. The number of ether oxygens (including phenoxy) is 1. The number of benzene rings is 1. The Morgan fingerprint density at radius 3 is 2.47 bits per heavy atom. The largest absolute Gasteiger partial charge is 0.379 e. The van der Waals surface area contributed by atoms with Crippen molar-refractivity contribution >= 4 is 23.6 Å². The van der Waals surface area contributed by atoms with Crippen LogP contribution in [0.3, 0.4) is 0 Å². The summed E-state index contributed by atoms with van der Waals surface area (Å²) < 4.78 is 5.55. The van der Waals surface area contributed by atoms with E-state index in [0.29, 0.717) is 35.9 Å². The standard InChI is InChI=1S/C27H43N3O3S/c1-4-21(5-2)24(30-15-17-33-18-16-30)19-28-27(32)23-13-9-10-14-25(23)34-20-26(31)29(3)22-11-7-6-8-12-22/h9-10,13-14,21-22,24H,4-8,11-12,15-20H2,1-3H3,(H,28,32). The molecule has 6 nitrogen and oxygen atoms in total.